The third-order valence-corrected chi connectivity index (χ3v) is 3.68. The number of hydrogen-bond donors (Lipinski definition) is 1. The Morgan fingerprint density at radius 2 is 2.11 bits per heavy atom. The highest BCUT2D eigenvalue weighted by molar-refractivity contribution is 5.30. The average Bonchev–Trinajstić information content (AvgIpc) is 3.22. The topological polar surface area (TPSA) is 30.5 Å². The van der Waals surface area contributed by atoms with Crippen LogP contribution >= 0.6 is 0 Å². The van der Waals surface area contributed by atoms with Crippen LogP contribution in [0.15, 0.2) is 18.2 Å². The lowest BCUT2D eigenvalue weighted by atomic mass is 10.1. The summed E-state index contributed by atoms with van der Waals surface area (Å²) in [6.07, 6.45) is 2.51. The molecule has 0 bridgehead atoms. The van der Waals surface area contributed by atoms with Crippen molar-refractivity contribution in [2.45, 2.75) is 31.8 Å². The fourth-order valence-corrected chi connectivity index (χ4v) is 2.37. The smallest absolute Gasteiger partial charge is 0.165 e. The molecule has 1 N–H and O–H groups in total. The Bertz CT molecular complexity index is 421. The first-order chi connectivity index (χ1) is 9.15. The van der Waals surface area contributed by atoms with Crippen molar-refractivity contribution >= 4 is 0 Å². The summed E-state index contributed by atoms with van der Waals surface area (Å²) in [5, 5.41) is 3.53. The monoisotopic (exact) mass is 267 g/mol. The SMILES string of the molecule is COCC(NC(C)c1ccc(OC)c(F)c1)C1CC1. The number of hydrogen-bond acceptors (Lipinski definition) is 3. The highest BCUT2D eigenvalue weighted by atomic mass is 19.1. The van der Waals surface area contributed by atoms with E-state index in [1.807, 2.05) is 13.0 Å². The van der Waals surface area contributed by atoms with Gasteiger partial charge in [0.25, 0.3) is 0 Å². The minimum atomic E-state index is -0.316. The lowest BCUT2D eigenvalue weighted by Crippen LogP contribution is -2.37. The second-order valence-corrected chi connectivity index (χ2v) is 5.18. The van der Waals surface area contributed by atoms with Gasteiger partial charge in [-0.2, -0.15) is 0 Å². The highest BCUT2D eigenvalue weighted by Gasteiger charge is 2.32. The van der Waals surface area contributed by atoms with Gasteiger partial charge >= 0.3 is 0 Å². The molecule has 19 heavy (non-hydrogen) atoms. The molecule has 0 aromatic heterocycles. The van der Waals surface area contributed by atoms with Crippen molar-refractivity contribution in [2.24, 2.45) is 5.92 Å². The maximum Gasteiger partial charge on any atom is 0.165 e. The van der Waals surface area contributed by atoms with E-state index in [-0.39, 0.29) is 17.6 Å². The first-order valence-electron chi connectivity index (χ1n) is 6.74. The van der Waals surface area contributed by atoms with E-state index in [4.69, 9.17) is 9.47 Å². The van der Waals surface area contributed by atoms with E-state index in [0.717, 1.165) is 5.56 Å². The summed E-state index contributed by atoms with van der Waals surface area (Å²) in [7, 11) is 3.19. The molecule has 1 aromatic rings. The van der Waals surface area contributed by atoms with Gasteiger partial charge in [0.15, 0.2) is 11.6 Å². The molecule has 4 heteroatoms. The lowest BCUT2D eigenvalue weighted by Gasteiger charge is -2.23. The fourth-order valence-electron chi connectivity index (χ4n) is 2.37. The van der Waals surface area contributed by atoms with Crippen LogP contribution in [0.5, 0.6) is 5.75 Å². The van der Waals surface area contributed by atoms with Crippen molar-refractivity contribution < 1.29 is 13.9 Å². The number of ether oxygens (including phenoxy) is 2. The van der Waals surface area contributed by atoms with Crippen LogP contribution in [0, 0.1) is 11.7 Å². The standard InChI is InChI=1S/C15H22FNO2/c1-10(17-14(9-18-2)11-4-5-11)12-6-7-15(19-3)13(16)8-12/h6-8,10-11,14,17H,4-5,9H2,1-3H3. The molecule has 0 radical (unpaired) electrons. The summed E-state index contributed by atoms with van der Waals surface area (Å²) < 4.78 is 23.9. The summed E-state index contributed by atoms with van der Waals surface area (Å²) in [5.41, 5.74) is 0.931. The molecule has 1 saturated carbocycles. The van der Waals surface area contributed by atoms with E-state index in [1.165, 1.54) is 26.0 Å². The van der Waals surface area contributed by atoms with Gasteiger partial charge in [-0.3, -0.25) is 0 Å². The van der Waals surface area contributed by atoms with Gasteiger partial charge in [-0.1, -0.05) is 6.07 Å². The molecule has 1 aromatic carbocycles. The van der Waals surface area contributed by atoms with Gasteiger partial charge in [-0.05, 0) is 43.4 Å². The Morgan fingerprint density at radius 3 is 2.63 bits per heavy atom. The molecule has 1 fully saturated rings. The molecule has 0 saturated heterocycles. The van der Waals surface area contributed by atoms with Gasteiger partial charge < -0.3 is 14.8 Å². The Hall–Kier alpha value is -1.13. The first-order valence-corrected chi connectivity index (χ1v) is 6.74. The van der Waals surface area contributed by atoms with Crippen LogP contribution in [-0.2, 0) is 4.74 Å². The number of halogens is 1. The van der Waals surface area contributed by atoms with Crippen molar-refractivity contribution in [3.05, 3.63) is 29.6 Å². The van der Waals surface area contributed by atoms with E-state index in [1.54, 1.807) is 13.2 Å². The lowest BCUT2D eigenvalue weighted by molar-refractivity contribution is 0.152. The van der Waals surface area contributed by atoms with Crippen molar-refractivity contribution in [1.82, 2.24) is 5.32 Å². The van der Waals surface area contributed by atoms with Crippen molar-refractivity contribution in [2.75, 3.05) is 20.8 Å². The Labute approximate surface area is 114 Å². The predicted molar refractivity (Wildman–Crippen MR) is 72.9 cm³/mol. The quantitative estimate of drug-likeness (QED) is 0.824. The van der Waals surface area contributed by atoms with E-state index in [2.05, 4.69) is 5.32 Å². The highest BCUT2D eigenvalue weighted by Crippen LogP contribution is 2.34. The van der Waals surface area contributed by atoms with Crippen LogP contribution in [0.4, 0.5) is 4.39 Å². The van der Waals surface area contributed by atoms with Crippen LogP contribution in [0.2, 0.25) is 0 Å². The molecule has 2 unspecified atom stereocenters. The summed E-state index contributed by atoms with van der Waals surface area (Å²) >= 11 is 0. The largest absolute Gasteiger partial charge is 0.494 e. The maximum absolute atomic E-state index is 13.7. The number of rotatable bonds is 7. The maximum atomic E-state index is 13.7. The fraction of sp³-hybridized carbons (Fsp3) is 0.600. The zero-order valence-electron chi connectivity index (χ0n) is 11.8. The molecular formula is C15H22FNO2. The molecule has 0 amide bonds. The van der Waals surface area contributed by atoms with Crippen LogP contribution in [0.3, 0.4) is 0 Å². The third kappa shape index (κ3) is 3.67. The van der Waals surface area contributed by atoms with Gasteiger partial charge in [0, 0.05) is 19.2 Å². The normalized spacial score (nSPS) is 18.1. The molecule has 106 valence electrons. The van der Waals surface area contributed by atoms with Gasteiger partial charge in [-0.15, -0.1) is 0 Å². The third-order valence-electron chi connectivity index (χ3n) is 3.68. The zero-order chi connectivity index (χ0) is 13.8. The average molecular weight is 267 g/mol. The molecule has 0 spiro atoms. The number of methoxy groups -OCH3 is 2. The number of nitrogens with one attached hydrogen (secondary N) is 1. The van der Waals surface area contributed by atoms with E-state index in [0.29, 0.717) is 18.6 Å². The first kappa shape index (κ1) is 14.3. The molecular weight excluding hydrogens is 245 g/mol. The summed E-state index contributed by atoms with van der Waals surface area (Å²) in [5.74, 6) is 0.667. The molecule has 2 rings (SSSR count). The van der Waals surface area contributed by atoms with Crippen LogP contribution < -0.4 is 10.1 Å². The Kier molecular flexibility index (Phi) is 4.77. The van der Waals surface area contributed by atoms with Gasteiger partial charge in [0.1, 0.15) is 0 Å². The summed E-state index contributed by atoms with van der Waals surface area (Å²) in [4.78, 5) is 0. The minimum absolute atomic E-state index is 0.0983. The van der Waals surface area contributed by atoms with E-state index < -0.39 is 0 Å². The minimum Gasteiger partial charge on any atom is -0.494 e. The van der Waals surface area contributed by atoms with Gasteiger partial charge in [-0.25, -0.2) is 4.39 Å². The van der Waals surface area contributed by atoms with Crippen LogP contribution in [-0.4, -0.2) is 26.9 Å². The molecule has 3 nitrogen and oxygen atoms in total. The molecule has 1 aliphatic carbocycles. The van der Waals surface area contributed by atoms with Crippen LogP contribution in [0.1, 0.15) is 31.4 Å². The summed E-state index contributed by atoms with van der Waals surface area (Å²) in [6.45, 7) is 2.75. The molecule has 1 aliphatic rings. The van der Waals surface area contributed by atoms with Crippen molar-refractivity contribution in [3.8, 4) is 5.75 Å². The molecule has 2 atom stereocenters. The second kappa shape index (κ2) is 6.35. The second-order valence-electron chi connectivity index (χ2n) is 5.18. The van der Waals surface area contributed by atoms with Crippen molar-refractivity contribution in [1.29, 1.82) is 0 Å². The van der Waals surface area contributed by atoms with E-state index >= 15 is 0 Å². The van der Waals surface area contributed by atoms with Gasteiger partial charge in [0.2, 0.25) is 0 Å². The molecule has 0 heterocycles. The zero-order valence-corrected chi connectivity index (χ0v) is 11.8. The Morgan fingerprint density at radius 1 is 1.37 bits per heavy atom. The van der Waals surface area contributed by atoms with Crippen LogP contribution in [0.25, 0.3) is 0 Å². The molecule has 0 aliphatic heterocycles. The Balaban J connectivity index is 2.01. The van der Waals surface area contributed by atoms with Crippen molar-refractivity contribution in [3.63, 3.8) is 0 Å². The van der Waals surface area contributed by atoms with E-state index in [9.17, 15) is 4.39 Å². The number of benzene rings is 1. The predicted octanol–water partition coefficient (Wildman–Crippen LogP) is 2.91. The van der Waals surface area contributed by atoms with Gasteiger partial charge in [0.05, 0.1) is 13.7 Å². The summed E-state index contributed by atoms with van der Waals surface area (Å²) in [6, 6.07) is 5.56.